The first-order valence-electron chi connectivity index (χ1n) is 5.57. The van der Waals surface area contributed by atoms with Gasteiger partial charge in [-0.1, -0.05) is 6.07 Å². The molecular weight excluding hydrogens is 238 g/mol. The fraction of sp³-hybridized carbons (Fsp3) is 0.231. The predicted octanol–water partition coefficient (Wildman–Crippen LogP) is 2.72. The molecule has 3 nitrogen and oxygen atoms in total. The minimum atomic E-state index is -0.855. The number of carbonyl (C=O) groups excluding carboxylic acids is 1. The summed E-state index contributed by atoms with van der Waals surface area (Å²) in [5, 5.41) is 3.91. The van der Waals surface area contributed by atoms with Crippen molar-refractivity contribution in [3.05, 3.63) is 52.9 Å². The van der Waals surface area contributed by atoms with Crippen LogP contribution in [0.2, 0.25) is 0 Å². The van der Waals surface area contributed by atoms with Gasteiger partial charge in [-0.2, -0.15) is 5.10 Å². The van der Waals surface area contributed by atoms with E-state index in [1.54, 1.807) is 6.92 Å². The Balaban J connectivity index is 2.56. The number of aromatic nitrogens is 2. The van der Waals surface area contributed by atoms with Crippen molar-refractivity contribution in [1.29, 1.82) is 0 Å². The normalized spacial score (nSPS) is 10.7. The monoisotopic (exact) mass is 250 g/mol. The summed E-state index contributed by atoms with van der Waals surface area (Å²) in [5.74, 6) is -2.36. The Morgan fingerprint density at radius 3 is 2.72 bits per heavy atom. The number of aryl methyl sites for hydroxylation is 2. The molecule has 0 N–H and O–H groups in total. The van der Waals surface area contributed by atoms with Crippen molar-refractivity contribution in [2.75, 3.05) is 0 Å². The summed E-state index contributed by atoms with van der Waals surface area (Å²) < 4.78 is 28.9. The van der Waals surface area contributed by atoms with Crippen LogP contribution in [0.25, 0.3) is 0 Å². The number of rotatable bonds is 3. The van der Waals surface area contributed by atoms with E-state index in [2.05, 4.69) is 5.10 Å². The molecule has 0 atom stereocenters. The summed E-state index contributed by atoms with van der Waals surface area (Å²) in [6.45, 7) is 3.75. The number of nitrogens with zero attached hydrogens (tertiary/aromatic N) is 2. The molecule has 1 aromatic carbocycles. The molecule has 0 aliphatic heterocycles. The lowest BCUT2D eigenvalue weighted by Gasteiger charge is -2.07. The first-order valence-corrected chi connectivity index (χ1v) is 5.57. The van der Waals surface area contributed by atoms with Crippen LogP contribution in [0.3, 0.4) is 0 Å². The molecule has 5 heteroatoms. The van der Waals surface area contributed by atoms with E-state index in [1.165, 1.54) is 29.9 Å². The quantitative estimate of drug-likeness (QED) is 0.785. The minimum absolute atomic E-state index is 0.181. The van der Waals surface area contributed by atoms with Gasteiger partial charge in [0.05, 0.1) is 5.56 Å². The van der Waals surface area contributed by atoms with Gasteiger partial charge < -0.3 is 0 Å². The number of benzene rings is 1. The van der Waals surface area contributed by atoms with Crippen molar-refractivity contribution < 1.29 is 13.6 Å². The van der Waals surface area contributed by atoms with Crippen molar-refractivity contribution in [2.45, 2.75) is 20.4 Å². The maximum atomic E-state index is 13.8. The highest BCUT2D eigenvalue weighted by Crippen LogP contribution is 2.19. The Hall–Kier alpha value is -2.04. The Morgan fingerprint density at radius 2 is 2.06 bits per heavy atom. The molecule has 1 heterocycles. The van der Waals surface area contributed by atoms with E-state index in [-0.39, 0.29) is 11.3 Å². The zero-order chi connectivity index (χ0) is 13.3. The van der Waals surface area contributed by atoms with Gasteiger partial charge in [0.1, 0.15) is 17.3 Å². The molecule has 0 aliphatic carbocycles. The minimum Gasteiger partial charge on any atom is -0.287 e. The van der Waals surface area contributed by atoms with E-state index in [9.17, 15) is 13.6 Å². The van der Waals surface area contributed by atoms with Crippen molar-refractivity contribution in [2.24, 2.45) is 0 Å². The number of ketones is 1. The molecule has 1 aromatic heterocycles. The number of carbonyl (C=O) groups is 1. The smallest absolute Gasteiger partial charge is 0.216 e. The summed E-state index contributed by atoms with van der Waals surface area (Å²) in [5.41, 5.74) is -0.103. The second kappa shape index (κ2) is 4.68. The molecule has 0 spiro atoms. The molecule has 0 radical (unpaired) electrons. The molecule has 2 rings (SSSR count). The third-order valence-electron chi connectivity index (χ3n) is 2.76. The molecule has 94 valence electrons. The van der Waals surface area contributed by atoms with Gasteiger partial charge in [-0.3, -0.25) is 9.48 Å². The highest BCUT2D eigenvalue weighted by atomic mass is 19.1. The van der Waals surface area contributed by atoms with Crippen LogP contribution in [0, 0.1) is 18.6 Å². The van der Waals surface area contributed by atoms with E-state index in [0.29, 0.717) is 6.54 Å². The molecule has 18 heavy (non-hydrogen) atoms. The maximum absolute atomic E-state index is 13.8. The van der Waals surface area contributed by atoms with E-state index in [4.69, 9.17) is 0 Å². The average molecular weight is 250 g/mol. The number of hydrogen-bond donors (Lipinski definition) is 0. The third kappa shape index (κ3) is 1.92. The van der Waals surface area contributed by atoms with Gasteiger partial charge in [-0.25, -0.2) is 8.78 Å². The largest absolute Gasteiger partial charge is 0.287 e. The van der Waals surface area contributed by atoms with Crippen molar-refractivity contribution >= 4 is 5.78 Å². The maximum Gasteiger partial charge on any atom is 0.216 e. The molecule has 2 aromatic rings. The van der Waals surface area contributed by atoms with Gasteiger partial charge in [0.2, 0.25) is 5.78 Å². The van der Waals surface area contributed by atoms with Gasteiger partial charge in [0.25, 0.3) is 0 Å². The lowest BCUT2D eigenvalue weighted by atomic mass is 10.0. The SMILES string of the molecule is CCn1nccc1C(=O)c1c(F)ccc(C)c1F. The molecule has 0 bridgehead atoms. The van der Waals surface area contributed by atoms with Gasteiger partial charge in [-0.05, 0) is 31.5 Å². The van der Waals surface area contributed by atoms with Crippen LogP contribution in [0.15, 0.2) is 24.4 Å². The molecule has 0 aliphatic rings. The zero-order valence-electron chi connectivity index (χ0n) is 10.1. The molecule has 0 saturated carbocycles. The van der Waals surface area contributed by atoms with Crippen molar-refractivity contribution in [3.63, 3.8) is 0 Å². The van der Waals surface area contributed by atoms with E-state index in [0.717, 1.165) is 6.07 Å². The van der Waals surface area contributed by atoms with Crippen LogP contribution < -0.4 is 0 Å². The van der Waals surface area contributed by atoms with Crippen LogP contribution in [0.5, 0.6) is 0 Å². The highest BCUT2D eigenvalue weighted by molar-refractivity contribution is 6.08. The topological polar surface area (TPSA) is 34.9 Å². The van der Waals surface area contributed by atoms with E-state index in [1.807, 2.05) is 0 Å². The highest BCUT2D eigenvalue weighted by Gasteiger charge is 2.22. The fourth-order valence-electron chi connectivity index (χ4n) is 1.77. The summed E-state index contributed by atoms with van der Waals surface area (Å²) in [6.07, 6.45) is 1.43. The number of halogens is 2. The second-order valence-corrected chi connectivity index (χ2v) is 3.91. The van der Waals surface area contributed by atoms with E-state index >= 15 is 0 Å². The molecule has 0 unspecified atom stereocenters. The summed E-state index contributed by atoms with van der Waals surface area (Å²) in [6, 6.07) is 3.85. The molecule has 0 fully saturated rings. The fourth-order valence-corrected chi connectivity index (χ4v) is 1.77. The first kappa shape index (κ1) is 12.4. The Morgan fingerprint density at radius 1 is 1.33 bits per heavy atom. The van der Waals surface area contributed by atoms with Crippen LogP contribution in [0.4, 0.5) is 8.78 Å². The van der Waals surface area contributed by atoms with Gasteiger partial charge in [0.15, 0.2) is 0 Å². The average Bonchev–Trinajstić information content (AvgIpc) is 2.82. The molecule has 0 amide bonds. The third-order valence-corrected chi connectivity index (χ3v) is 2.76. The molecular formula is C13H12F2N2O. The van der Waals surface area contributed by atoms with Crippen molar-refractivity contribution in [3.8, 4) is 0 Å². The lowest BCUT2D eigenvalue weighted by molar-refractivity contribution is 0.102. The summed E-state index contributed by atoms with van der Waals surface area (Å²) in [4.78, 5) is 12.1. The first-order chi connectivity index (χ1) is 8.56. The zero-order valence-corrected chi connectivity index (χ0v) is 10.1. The van der Waals surface area contributed by atoms with Gasteiger partial charge in [0, 0.05) is 12.7 Å². The van der Waals surface area contributed by atoms with Crippen LogP contribution in [0.1, 0.15) is 28.5 Å². The lowest BCUT2D eigenvalue weighted by Crippen LogP contribution is -2.14. The summed E-state index contributed by atoms with van der Waals surface area (Å²) >= 11 is 0. The summed E-state index contributed by atoms with van der Waals surface area (Å²) in [7, 11) is 0. The van der Waals surface area contributed by atoms with Crippen LogP contribution in [-0.4, -0.2) is 15.6 Å². The van der Waals surface area contributed by atoms with Crippen LogP contribution >= 0.6 is 0 Å². The van der Waals surface area contributed by atoms with Crippen molar-refractivity contribution in [1.82, 2.24) is 9.78 Å². The Kier molecular flexibility index (Phi) is 3.23. The van der Waals surface area contributed by atoms with Gasteiger partial charge in [-0.15, -0.1) is 0 Å². The van der Waals surface area contributed by atoms with E-state index < -0.39 is 23.0 Å². The standard InChI is InChI=1S/C13H12F2N2O/c1-3-17-10(6-7-16-17)13(18)11-9(14)5-4-8(2)12(11)15/h4-7H,3H2,1-2H3. The number of hydrogen-bond acceptors (Lipinski definition) is 2. The van der Waals surface area contributed by atoms with Gasteiger partial charge >= 0.3 is 0 Å². The Bertz CT molecular complexity index is 605. The Labute approximate surface area is 103 Å². The predicted molar refractivity (Wildman–Crippen MR) is 62.4 cm³/mol. The van der Waals surface area contributed by atoms with Crippen LogP contribution in [-0.2, 0) is 6.54 Å². The second-order valence-electron chi connectivity index (χ2n) is 3.91. The molecule has 0 saturated heterocycles.